The predicted octanol–water partition coefficient (Wildman–Crippen LogP) is 4.62. The third-order valence-corrected chi connectivity index (χ3v) is 6.30. The van der Waals surface area contributed by atoms with Crippen molar-refractivity contribution >= 4 is 31.6 Å². The summed E-state index contributed by atoms with van der Waals surface area (Å²) in [7, 11) is -0.696. The van der Waals surface area contributed by atoms with Gasteiger partial charge in [0, 0.05) is 3.57 Å². The van der Waals surface area contributed by atoms with Crippen LogP contribution in [0, 0.1) is 3.57 Å². The van der Waals surface area contributed by atoms with Crippen LogP contribution in [0.25, 0.3) is 0 Å². The molecular formula is C13H20IOSi. The first kappa shape index (κ1) is 14.2. The minimum Gasteiger partial charge on any atom is -0.412 e. The van der Waals surface area contributed by atoms with Crippen LogP contribution >= 0.6 is 22.6 Å². The van der Waals surface area contributed by atoms with Crippen molar-refractivity contribution in [3.63, 3.8) is 0 Å². The van der Waals surface area contributed by atoms with Gasteiger partial charge < -0.3 is 4.43 Å². The Bertz CT molecular complexity index is 317. The first-order chi connectivity index (χ1) is 7.52. The fraction of sp³-hybridized carbons (Fsp3) is 0.538. The summed E-state index contributed by atoms with van der Waals surface area (Å²) < 4.78 is 7.43. The molecule has 0 aliphatic heterocycles. The Morgan fingerprint density at radius 1 is 1.12 bits per heavy atom. The molecule has 16 heavy (non-hydrogen) atoms. The van der Waals surface area contributed by atoms with Crippen molar-refractivity contribution in [2.24, 2.45) is 0 Å². The van der Waals surface area contributed by atoms with Crippen LogP contribution in [0.5, 0.6) is 0 Å². The van der Waals surface area contributed by atoms with E-state index >= 15 is 0 Å². The molecule has 3 heteroatoms. The Kier molecular flexibility index (Phi) is 6.00. The summed E-state index contributed by atoms with van der Waals surface area (Å²) in [5, 5.41) is 0. The molecule has 0 spiro atoms. The predicted molar refractivity (Wildman–Crippen MR) is 79.9 cm³/mol. The Hall–Kier alpha value is 0.127. The molecule has 0 heterocycles. The van der Waals surface area contributed by atoms with Crippen LogP contribution in [0.3, 0.4) is 0 Å². The minimum absolute atomic E-state index is 0.673. The third kappa shape index (κ3) is 4.18. The van der Waals surface area contributed by atoms with Crippen molar-refractivity contribution in [2.75, 3.05) is 0 Å². The lowest BCUT2D eigenvalue weighted by atomic mass is 10.2. The second kappa shape index (κ2) is 6.76. The lowest BCUT2D eigenvalue weighted by Gasteiger charge is -2.22. The second-order valence-corrected chi connectivity index (χ2v) is 9.16. The molecule has 1 rings (SSSR count). The highest BCUT2D eigenvalue weighted by Crippen LogP contribution is 2.23. The summed E-state index contributed by atoms with van der Waals surface area (Å²) in [5.74, 6) is 0. The van der Waals surface area contributed by atoms with Crippen molar-refractivity contribution in [2.45, 2.75) is 45.4 Å². The first-order valence-electron chi connectivity index (χ1n) is 5.75. The third-order valence-electron chi connectivity index (χ3n) is 2.49. The average Bonchev–Trinajstić information content (AvgIpc) is 2.20. The molecule has 1 nitrogen and oxygen atoms in total. The average molecular weight is 347 g/mol. The monoisotopic (exact) mass is 347 g/mol. The zero-order valence-corrected chi connectivity index (χ0v) is 13.6. The Morgan fingerprint density at radius 2 is 1.69 bits per heavy atom. The van der Waals surface area contributed by atoms with Crippen LogP contribution in [-0.4, -0.2) is 9.04 Å². The number of hydrogen-bond acceptors (Lipinski definition) is 1. The highest BCUT2D eigenvalue weighted by atomic mass is 127. The van der Waals surface area contributed by atoms with Gasteiger partial charge in [-0.1, -0.05) is 45.9 Å². The summed E-state index contributed by atoms with van der Waals surface area (Å²) in [6.45, 7) is 9.84. The molecule has 0 unspecified atom stereocenters. The van der Waals surface area contributed by atoms with Gasteiger partial charge in [-0.05, 0) is 45.3 Å². The van der Waals surface area contributed by atoms with E-state index < -0.39 is 9.04 Å². The Morgan fingerprint density at radius 3 is 2.19 bits per heavy atom. The van der Waals surface area contributed by atoms with Gasteiger partial charge in [-0.2, -0.15) is 0 Å². The van der Waals surface area contributed by atoms with Gasteiger partial charge in [0.15, 0.2) is 0 Å². The molecule has 0 aliphatic carbocycles. The summed E-state index contributed by atoms with van der Waals surface area (Å²) in [5.41, 5.74) is 2.66. The number of rotatable bonds is 5. The lowest BCUT2D eigenvalue weighted by Crippen LogP contribution is -2.25. The van der Waals surface area contributed by atoms with E-state index in [0.29, 0.717) is 11.1 Å². The topological polar surface area (TPSA) is 9.23 Å². The molecule has 0 aromatic heterocycles. The molecule has 0 saturated heterocycles. The van der Waals surface area contributed by atoms with Gasteiger partial charge in [0.1, 0.15) is 0 Å². The maximum Gasteiger partial charge on any atom is 0.217 e. The van der Waals surface area contributed by atoms with Gasteiger partial charge in [-0.3, -0.25) is 0 Å². The zero-order chi connectivity index (χ0) is 12.1. The van der Waals surface area contributed by atoms with Crippen molar-refractivity contribution in [1.29, 1.82) is 0 Å². The Balaban J connectivity index is 2.59. The molecule has 0 N–H and O–H groups in total. The smallest absolute Gasteiger partial charge is 0.217 e. The SMILES string of the molecule is CC(C)[Si](OCc1ccccc1I)C(C)C. The fourth-order valence-corrected chi connectivity index (χ4v) is 4.64. The van der Waals surface area contributed by atoms with Crippen molar-refractivity contribution in [3.8, 4) is 0 Å². The molecule has 89 valence electrons. The van der Waals surface area contributed by atoms with E-state index in [-0.39, 0.29) is 0 Å². The number of halogens is 1. The molecule has 0 bridgehead atoms. The maximum atomic E-state index is 6.13. The van der Waals surface area contributed by atoms with E-state index in [0.717, 1.165) is 6.61 Å². The van der Waals surface area contributed by atoms with E-state index in [1.807, 2.05) is 0 Å². The van der Waals surface area contributed by atoms with Crippen LogP contribution in [0.15, 0.2) is 24.3 Å². The molecule has 1 radical (unpaired) electrons. The van der Waals surface area contributed by atoms with Crippen LogP contribution in [-0.2, 0) is 11.0 Å². The molecule has 0 fully saturated rings. The second-order valence-electron chi connectivity index (χ2n) is 4.59. The number of benzene rings is 1. The van der Waals surface area contributed by atoms with Gasteiger partial charge in [0.05, 0.1) is 6.61 Å². The first-order valence-corrected chi connectivity index (χ1v) is 8.39. The molecule has 0 aliphatic rings. The Labute approximate surface area is 114 Å². The van der Waals surface area contributed by atoms with Crippen molar-refractivity contribution in [3.05, 3.63) is 33.4 Å². The van der Waals surface area contributed by atoms with Gasteiger partial charge >= 0.3 is 0 Å². The molecule has 1 aromatic carbocycles. The standard InChI is InChI=1S/C13H20IOSi/c1-10(2)16(11(3)4)15-9-12-7-5-6-8-13(12)14/h5-8,10-11H,9H2,1-4H3. The summed E-state index contributed by atoms with van der Waals surface area (Å²) in [6.07, 6.45) is 0. The highest BCUT2D eigenvalue weighted by molar-refractivity contribution is 14.1. The van der Waals surface area contributed by atoms with E-state index in [9.17, 15) is 0 Å². The molecule has 1 aromatic rings. The summed E-state index contributed by atoms with van der Waals surface area (Å²) in [4.78, 5) is 0. The van der Waals surface area contributed by atoms with E-state index in [1.54, 1.807) is 0 Å². The largest absolute Gasteiger partial charge is 0.412 e. The zero-order valence-electron chi connectivity index (χ0n) is 10.5. The van der Waals surface area contributed by atoms with Crippen molar-refractivity contribution < 1.29 is 4.43 Å². The molecule has 0 saturated carbocycles. The summed E-state index contributed by atoms with van der Waals surface area (Å²) in [6, 6.07) is 8.44. The van der Waals surface area contributed by atoms with E-state index in [4.69, 9.17) is 4.43 Å². The van der Waals surface area contributed by atoms with E-state index in [2.05, 4.69) is 74.6 Å². The van der Waals surface area contributed by atoms with Gasteiger partial charge in [-0.25, -0.2) is 0 Å². The molecular weight excluding hydrogens is 327 g/mol. The fourth-order valence-electron chi connectivity index (χ4n) is 1.78. The van der Waals surface area contributed by atoms with E-state index in [1.165, 1.54) is 9.13 Å². The van der Waals surface area contributed by atoms with Crippen LogP contribution in [0.2, 0.25) is 11.1 Å². The quantitative estimate of drug-likeness (QED) is 0.558. The van der Waals surface area contributed by atoms with Gasteiger partial charge in [0.2, 0.25) is 9.04 Å². The van der Waals surface area contributed by atoms with Gasteiger partial charge in [-0.15, -0.1) is 0 Å². The summed E-state index contributed by atoms with van der Waals surface area (Å²) >= 11 is 2.37. The lowest BCUT2D eigenvalue weighted by molar-refractivity contribution is 0.295. The van der Waals surface area contributed by atoms with Crippen LogP contribution in [0.1, 0.15) is 33.3 Å². The van der Waals surface area contributed by atoms with Crippen LogP contribution in [0.4, 0.5) is 0 Å². The number of hydrogen-bond donors (Lipinski definition) is 0. The van der Waals surface area contributed by atoms with Gasteiger partial charge in [0.25, 0.3) is 0 Å². The highest BCUT2D eigenvalue weighted by Gasteiger charge is 2.22. The van der Waals surface area contributed by atoms with Crippen LogP contribution < -0.4 is 0 Å². The molecule has 0 amide bonds. The maximum absolute atomic E-state index is 6.13. The van der Waals surface area contributed by atoms with Crippen molar-refractivity contribution in [1.82, 2.24) is 0 Å². The molecule has 0 atom stereocenters. The normalized spacial score (nSPS) is 11.8. The minimum atomic E-state index is -0.696.